The molecule has 3 rings (SSSR count). The molecule has 0 aliphatic carbocycles. The van der Waals surface area contributed by atoms with E-state index in [1.807, 2.05) is 12.1 Å². The summed E-state index contributed by atoms with van der Waals surface area (Å²) in [6, 6.07) is 11.9. The Morgan fingerprint density at radius 1 is 1.24 bits per heavy atom. The summed E-state index contributed by atoms with van der Waals surface area (Å²) in [4.78, 5) is 11.0. The molecule has 1 heterocycles. The van der Waals surface area contributed by atoms with Crippen LogP contribution in [0.15, 0.2) is 53.1 Å². The van der Waals surface area contributed by atoms with Gasteiger partial charge in [0.05, 0.1) is 16.8 Å². The smallest absolute Gasteiger partial charge is 0.335 e. The predicted molar refractivity (Wildman–Crippen MR) is 79.0 cm³/mol. The maximum absolute atomic E-state index is 11.0. The van der Waals surface area contributed by atoms with E-state index in [4.69, 9.17) is 25.9 Å². The molecule has 5 heteroatoms. The van der Waals surface area contributed by atoms with Crippen LogP contribution in [0.1, 0.15) is 15.9 Å². The highest BCUT2D eigenvalue weighted by Gasteiger charge is 2.11. The molecule has 0 atom stereocenters. The number of rotatable bonds is 4. The number of benzene rings is 2. The van der Waals surface area contributed by atoms with E-state index in [1.54, 1.807) is 30.5 Å². The zero-order chi connectivity index (χ0) is 14.8. The monoisotopic (exact) mass is 302 g/mol. The summed E-state index contributed by atoms with van der Waals surface area (Å²) in [7, 11) is 0. The Bertz CT molecular complexity index is 807. The van der Waals surface area contributed by atoms with Crippen LogP contribution in [0.2, 0.25) is 5.02 Å². The molecule has 0 saturated heterocycles. The van der Waals surface area contributed by atoms with E-state index in [0.717, 1.165) is 10.9 Å². The standard InChI is InChI=1S/C16H11ClO4/c17-13-3-1-2-4-15(13)21-9-11-8-20-14-6-5-10(16(18)19)7-12(11)14/h1-8H,9H2,(H,18,19). The van der Waals surface area contributed by atoms with Crippen molar-refractivity contribution in [2.75, 3.05) is 0 Å². The first-order valence-corrected chi connectivity index (χ1v) is 6.63. The Labute approximate surface area is 125 Å². The van der Waals surface area contributed by atoms with Crippen molar-refractivity contribution in [3.8, 4) is 5.75 Å². The molecule has 0 radical (unpaired) electrons. The number of aromatic carboxylic acids is 1. The molecule has 0 spiro atoms. The fourth-order valence-electron chi connectivity index (χ4n) is 2.04. The van der Waals surface area contributed by atoms with Gasteiger partial charge in [-0.25, -0.2) is 4.79 Å². The van der Waals surface area contributed by atoms with Crippen molar-refractivity contribution in [3.63, 3.8) is 0 Å². The van der Waals surface area contributed by atoms with Gasteiger partial charge in [-0.3, -0.25) is 0 Å². The first kappa shape index (κ1) is 13.5. The van der Waals surface area contributed by atoms with E-state index in [9.17, 15) is 4.79 Å². The summed E-state index contributed by atoms with van der Waals surface area (Å²) in [5, 5.41) is 10.3. The average molecular weight is 303 g/mol. The Kier molecular flexibility index (Phi) is 3.54. The molecular weight excluding hydrogens is 292 g/mol. The molecule has 106 valence electrons. The van der Waals surface area contributed by atoms with Gasteiger partial charge in [0.15, 0.2) is 0 Å². The van der Waals surface area contributed by atoms with Crippen molar-refractivity contribution in [2.45, 2.75) is 6.61 Å². The SMILES string of the molecule is O=C(O)c1ccc2occ(COc3ccccc3Cl)c2c1. The zero-order valence-corrected chi connectivity index (χ0v) is 11.6. The molecule has 3 aromatic rings. The van der Waals surface area contributed by atoms with Gasteiger partial charge in [0.2, 0.25) is 0 Å². The summed E-state index contributed by atoms with van der Waals surface area (Å²) in [6.45, 7) is 0.250. The van der Waals surface area contributed by atoms with Crippen molar-refractivity contribution in [1.29, 1.82) is 0 Å². The molecule has 21 heavy (non-hydrogen) atoms. The minimum Gasteiger partial charge on any atom is -0.487 e. The second kappa shape index (κ2) is 5.50. The predicted octanol–water partition coefficient (Wildman–Crippen LogP) is 4.36. The maximum Gasteiger partial charge on any atom is 0.335 e. The lowest BCUT2D eigenvalue weighted by Crippen LogP contribution is -1.97. The second-order valence-electron chi connectivity index (χ2n) is 4.50. The molecule has 1 N–H and O–H groups in total. The normalized spacial score (nSPS) is 10.7. The van der Waals surface area contributed by atoms with Gasteiger partial charge >= 0.3 is 5.97 Å². The van der Waals surface area contributed by atoms with Crippen LogP contribution in [-0.2, 0) is 6.61 Å². The maximum atomic E-state index is 11.0. The summed E-state index contributed by atoms with van der Waals surface area (Å²) < 4.78 is 11.0. The summed E-state index contributed by atoms with van der Waals surface area (Å²) in [6.07, 6.45) is 1.56. The number of furan rings is 1. The van der Waals surface area contributed by atoms with Crippen molar-refractivity contribution >= 4 is 28.5 Å². The fourth-order valence-corrected chi connectivity index (χ4v) is 2.23. The van der Waals surface area contributed by atoms with Crippen LogP contribution in [0.5, 0.6) is 5.75 Å². The van der Waals surface area contributed by atoms with Crippen LogP contribution in [-0.4, -0.2) is 11.1 Å². The first-order chi connectivity index (χ1) is 10.1. The first-order valence-electron chi connectivity index (χ1n) is 6.26. The third-order valence-corrected chi connectivity index (χ3v) is 3.43. The Balaban J connectivity index is 1.89. The number of carboxylic acid groups (broad SMARTS) is 1. The van der Waals surface area contributed by atoms with Gasteiger partial charge in [0, 0.05) is 10.9 Å². The second-order valence-corrected chi connectivity index (χ2v) is 4.90. The Morgan fingerprint density at radius 2 is 2.05 bits per heavy atom. The number of hydrogen-bond acceptors (Lipinski definition) is 3. The van der Waals surface area contributed by atoms with Gasteiger partial charge in [0.1, 0.15) is 17.9 Å². The lowest BCUT2D eigenvalue weighted by molar-refractivity contribution is 0.0697. The van der Waals surface area contributed by atoms with Crippen molar-refractivity contribution in [1.82, 2.24) is 0 Å². The van der Waals surface area contributed by atoms with Gasteiger partial charge in [-0.15, -0.1) is 0 Å². The van der Waals surface area contributed by atoms with Gasteiger partial charge in [-0.2, -0.15) is 0 Å². The summed E-state index contributed by atoms with van der Waals surface area (Å²) >= 11 is 6.02. The van der Waals surface area contributed by atoms with Crippen LogP contribution < -0.4 is 4.74 Å². The molecule has 0 fully saturated rings. The lowest BCUT2D eigenvalue weighted by Gasteiger charge is -2.06. The van der Waals surface area contributed by atoms with Crippen LogP contribution in [0.25, 0.3) is 11.0 Å². The largest absolute Gasteiger partial charge is 0.487 e. The number of fused-ring (bicyclic) bond motifs is 1. The van der Waals surface area contributed by atoms with Crippen LogP contribution in [0, 0.1) is 0 Å². The highest BCUT2D eigenvalue weighted by molar-refractivity contribution is 6.32. The van der Waals surface area contributed by atoms with Crippen LogP contribution in [0.4, 0.5) is 0 Å². The van der Waals surface area contributed by atoms with Crippen molar-refractivity contribution < 1.29 is 19.1 Å². The highest BCUT2D eigenvalue weighted by atomic mass is 35.5. The summed E-state index contributed by atoms with van der Waals surface area (Å²) in [5.74, 6) is -0.404. The molecule has 2 aromatic carbocycles. The number of hydrogen-bond donors (Lipinski definition) is 1. The van der Waals surface area contributed by atoms with E-state index in [0.29, 0.717) is 16.4 Å². The minimum absolute atomic E-state index is 0.211. The van der Waals surface area contributed by atoms with E-state index in [2.05, 4.69) is 0 Å². The molecular formula is C16H11ClO4. The zero-order valence-electron chi connectivity index (χ0n) is 10.9. The molecule has 0 amide bonds. The highest BCUT2D eigenvalue weighted by Crippen LogP contribution is 2.27. The summed E-state index contributed by atoms with van der Waals surface area (Å²) in [5.41, 5.74) is 1.61. The number of carboxylic acids is 1. The number of carbonyl (C=O) groups is 1. The Morgan fingerprint density at radius 3 is 2.81 bits per heavy atom. The average Bonchev–Trinajstić information content (AvgIpc) is 2.88. The molecule has 1 aromatic heterocycles. The third kappa shape index (κ3) is 2.71. The lowest BCUT2D eigenvalue weighted by atomic mass is 10.1. The van der Waals surface area contributed by atoms with E-state index < -0.39 is 5.97 Å². The van der Waals surface area contributed by atoms with E-state index in [1.165, 1.54) is 6.07 Å². The number of halogens is 1. The van der Waals surface area contributed by atoms with Gasteiger partial charge in [0.25, 0.3) is 0 Å². The van der Waals surface area contributed by atoms with Crippen molar-refractivity contribution in [3.05, 3.63) is 64.9 Å². The quantitative estimate of drug-likeness (QED) is 0.777. The minimum atomic E-state index is -0.976. The fraction of sp³-hybridized carbons (Fsp3) is 0.0625. The number of ether oxygens (including phenoxy) is 1. The molecule has 0 saturated carbocycles. The Hall–Kier alpha value is -2.46. The molecule has 0 aliphatic rings. The van der Waals surface area contributed by atoms with E-state index in [-0.39, 0.29) is 12.2 Å². The molecule has 0 bridgehead atoms. The molecule has 4 nitrogen and oxygen atoms in total. The van der Waals surface area contributed by atoms with Gasteiger partial charge in [-0.1, -0.05) is 23.7 Å². The van der Waals surface area contributed by atoms with Crippen molar-refractivity contribution in [2.24, 2.45) is 0 Å². The molecule has 0 aliphatic heterocycles. The topological polar surface area (TPSA) is 59.7 Å². The van der Waals surface area contributed by atoms with Gasteiger partial charge in [-0.05, 0) is 30.3 Å². The molecule has 0 unspecified atom stereocenters. The van der Waals surface area contributed by atoms with Crippen LogP contribution >= 0.6 is 11.6 Å². The number of para-hydroxylation sites is 1. The third-order valence-electron chi connectivity index (χ3n) is 3.12. The van der Waals surface area contributed by atoms with Gasteiger partial charge < -0.3 is 14.3 Å². The van der Waals surface area contributed by atoms with E-state index >= 15 is 0 Å². The van der Waals surface area contributed by atoms with Crippen LogP contribution in [0.3, 0.4) is 0 Å².